The highest BCUT2D eigenvalue weighted by molar-refractivity contribution is 6.31. The van der Waals surface area contributed by atoms with E-state index in [9.17, 15) is 9.18 Å². The number of carbonyl (C=O) groups excluding carboxylic acids is 1. The number of benzene rings is 1. The number of anilines is 1. The van der Waals surface area contributed by atoms with Crippen LogP contribution in [0, 0.1) is 12.7 Å². The third-order valence-electron chi connectivity index (χ3n) is 4.16. The smallest absolute Gasteiger partial charge is 0.224 e. The van der Waals surface area contributed by atoms with Gasteiger partial charge in [-0.3, -0.25) is 9.78 Å². The molecule has 1 aromatic heterocycles. The first-order chi connectivity index (χ1) is 11.5. The second-order valence-corrected chi connectivity index (χ2v) is 6.49. The molecule has 1 aromatic carbocycles. The van der Waals surface area contributed by atoms with Gasteiger partial charge in [-0.25, -0.2) is 4.39 Å². The van der Waals surface area contributed by atoms with Crippen LogP contribution >= 0.6 is 11.6 Å². The van der Waals surface area contributed by atoms with Gasteiger partial charge in [0, 0.05) is 36.7 Å². The van der Waals surface area contributed by atoms with Gasteiger partial charge in [0.15, 0.2) is 0 Å². The second-order valence-electron chi connectivity index (χ2n) is 6.08. The molecule has 0 radical (unpaired) electrons. The lowest BCUT2D eigenvalue weighted by atomic mass is 10.1. The predicted octanol–water partition coefficient (Wildman–Crippen LogP) is 3.12. The fourth-order valence-corrected chi connectivity index (χ4v) is 3.04. The molecule has 0 spiro atoms. The molecule has 0 saturated carbocycles. The normalized spacial score (nSPS) is 17.1. The third-order valence-corrected chi connectivity index (χ3v) is 4.45. The van der Waals surface area contributed by atoms with Crippen LogP contribution in [0.3, 0.4) is 0 Å². The lowest BCUT2D eigenvalue weighted by molar-refractivity contribution is -0.121. The number of halogens is 2. The van der Waals surface area contributed by atoms with Crippen molar-refractivity contribution in [3.05, 3.63) is 58.6 Å². The zero-order valence-corrected chi connectivity index (χ0v) is 14.2. The van der Waals surface area contributed by atoms with E-state index in [1.807, 2.05) is 19.1 Å². The Morgan fingerprint density at radius 3 is 2.96 bits per heavy atom. The Kier molecular flexibility index (Phi) is 5.00. The van der Waals surface area contributed by atoms with Crippen molar-refractivity contribution in [1.29, 1.82) is 0 Å². The Hall–Kier alpha value is -2.14. The molecule has 1 amide bonds. The molecule has 0 bridgehead atoms. The Labute approximate surface area is 145 Å². The fraction of sp³-hybridized carbons (Fsp3) is 0.333. The highest BCUT2D eigenvalue weighted by atomic mass is 35.5. The van der Waals surface area contributed by atoms with Gasteiger partial charge in [0.05, 0.1) is 11.4 Å². The van der Waals surface area contributed by atoms with Crippen LogP contribution in [-0.4, -0.2) is 30.0 Å². The van der Waals surface area contributed by atoms with E-state index in [4.69, 9.17) is 11.6 Å². The van der Waals surface area contributed by atoms with Crippen LogP contribution in [-0.2, 0) is 11.2 Å². The summed E-state index contributed by atoms with van der Waals surface area (Å²) in [5.41, 5.74) is 2.71. The van der Waals surface area contributed by atoms with E-state index in [-0.39, 0.29) is 17.0 Å². The van der Waals surface area contributed by atoms with Crippen LogP contribution in [0.1, 0.15) is 17.7 Å². The summed E-state index contributed by atoms with van der Waals surface area (Å²) < 4.78 is 13.3. The van der Waals surface area contributed by atoms with Gasteiger partial charge in [0.1, 0.15) is 5.82 Å². The number of carbonyl (C=O) groups is 1. The third kappa shape index (κ3) is 4.03. The topological polar surface area (TPSA) is 45.2 Å². The van der Waals surface area contributed by atoms with Crippen molar-refractivity contribution in [1.82, 2.24) is 10.3 Å². The average molecular weight is 348 g/mol. The van der Waals surface area contributed by atoms with E-state index < -0.39 is 5.82 Å². The summed E-state index contributed by atoms with van der Waals surface area (Å²) in [6.45, 7) is 3.41. The monoisotopic (exact) mass is 347 g/mol. The van der Waals surface area contributed by atoms with Crippen molar-refractivity contribution in [2.45, 2.75) is 25.8 Å². The molecule has 1 atom stereocenters. The van der Waals surface area contributed by atoms with E-state index >= 15 is 0 Å². The number of amides is 1. The van der Waals surface area contributed by atoms with Gasteiger partial charge >= 0.3 is 0 Å². The summed E-state index contributed by atoms with van der Waals surface area (Å²) in [6.07, 6.45) is 2.91. The molecule has 1 aliphatic heterocycles. The van der Waals surface area contributed by atoms with Crippen molar-refractivity contribution in [3.63, 3.8) is 0 Å². The minimum atomic E-state index is -0.420. The van der Waals surface area contributed by atoms with Gasteiger partial charge in [0.25, 0.3) is 0 Å². The van der Waals surface area contributed by atoms with E-state index in [0.717, 1.165) is 29.9 Å². The van der Waals surface area contributed by atoms with Crippen LogP contribution < -0.4 is 10.2 Å². The minimum absolute atomic E-state index is 0.00959. The number of nitrogens with one attached hydrogen (secondary N) is 1. The minimum Gasteiger partial charge on any atom is -0.369 e. The predicted molar refractivity (Wildman–Crippen MR) is 92.8 cm³/mol. The van der Waals surface area contributed by atoms with Crippen molar-refractivity contribution in [2.75, 3.05) is 18.0 Å². The van der Waals surface area contributed by atoms with Crippen LogP contribution in [0.2, 0.25) is 5.02 Å². The van der Waals surface area contributed by atoms with Crippen molar-refractivity contribution in [2.24, 2.45) is 0 Å². The molecule has 2 heterocycles. The number of aromatic nitrogens is 1. The van der Waals surface area contributed by atoms with Gasteiger partial charge in [-0.2, -0.15) is 0 Å². The standard InChI is InChI=1S/C18H19ClFN3O/c1-12-2-3-13(10-21-12)8-18(24)22-14-6-7-23(11-14)15-4-5-17(20)16(19)9-15/h2-5,9-10,14H,6-8,11H2,1H3,(H,22,24)/t14-/m0/s1. The Morgan fingerprint density at radius 1 is 1.42 bits per heavy atom. The second kappa shape index (κ2) is 7.18. The Balaban J connectivity index is 1.54. The maximum atomic E-state index is 13.3. The number of hydrogen-bond acceptors (Lipinski definition) is 3. The largest absolute Gasteiger partial charge is 0.369 e. The molecule has 2 aromatic rings. The zero-order valence-electron chi connectivity index (χ0n) is 13.4. The number of rotatable bonds is 4. The van der Waals surface area contributed by atoms with Crippen molar-refractivity contribution in [3.8, 4) is 0 Å². The number of hydrogen-bond donors (Lipinski definition) is 1. The summed E-state index contributed by atoms with van der Waals surface area (Å²) >= 11 is 5.84. The lowest BCUT2D eigenvalue weighted by Gasteiger charge is -2.19. The van der Waals surface area contributed by atoms with Gasteiger partial charge in [-0.1, -0.05) is 17.7 Å². The molecule has 3 rings (SSSR count). The molecule has 4 nitrogen and oxygen atoms in total. The van der Waals surface area contributed by atoms with Crippen LogP contribution in [0.5, 0.6) is 0 Å². The highest BCUT2D eigenvalue weighted by Gasteiger charge is 2.24. The molecule has 1 aliphatic rings. The molecule has 0 aliphatic carbocycles. The van der Waals surface area contributed by atoms with Crippen LogP contribution in [0.25, 0.3) is 0 Å². The van der Waals surface area contributed by atoms with E-state index in [0.29, 0.717) is 13.0 Å². The van der Waals surface area contributed by atoms with E-state index in [2.05, 4.69) is 15.2 Å². The average Bonchev–Trinajstić information content (AvgIpc) is 3.00. The number of pyridine rings is 1. The molecular formula is C18H19ClFN3O. The summed E-state index contributed by atoms with van der Waals surface area (Å²) in [5, 5.41) is 3.17. The molecule has 126 valence electrons. The maximum absolute atomic E-state index is 13.3. The van der Waals surface area contributed by atoms with E-state index in [1.165, 1.54) is 6.07 Å². The molecule has 1 fully saturated rings. The number of aryl methyl sites for hydroxylation is 1. The summed E-state index contributed by atoms with van der Waals surface area (Å²) in [6, 6.07) is 8.61. The Morgan fingerprint density at radius 2 is 2.25 bits per heavy atom. The van der Waals surface area contributed by atoms with Gasteiger partial charge in [-0.05, 0) is 43.2 Å². The molecular weight excluding hydrogens is 329 g/mol. The molecule has 1 saturated heterocycles. The number of nitrogens with zero attached hydrogens (tertiary/aromatic N) is 2. The van der Waals surface area contributed by atoms with Crippen LogP contribution in [0.4, 0.5) is 10.1 Å². The maximum Gasteiger partial charge on any atom is 0.224 e. The molecule has 24 heavy (non-hydrogen) atoms. The molecule has 6 heteroatoms. The summed E-state index contributed by atoms with van der Waals surface area (Å²) in [4.78, 5) is 18.5. The van der Waals surface area contributed by atoms with Crippen molar-refractivity contribution < 1.29 is 9.18 Å². The first-order valence-electron chi connectivity index (χ1n) is 7.92. The molecule has 1 N–H and O–H groups in total. The first kappa shape index (κ1) is 16.7. The molecule has 0 unspecified atom stereocenters. The quantitative estimate of drug-likeness (QED) is 0.924. The first-order valence-corrected chi connectivity index (χ1v) is 8.30. The zero-order chi connectivity index (χ0) is 17.1. The van der Waals surface area contributed by atoms with Crippen molar-refractivity contribution >= 4 is 23.2 Å². The summed E-state index contributed by atoms with van der Waals surface area (Å²) in [5.74, 6) is -0.430. The fourth-order valence-electron chi connectivity index (χ4n) is 2.86. The van der Waals surface area contributed by atoms with E-state index in [1.54, 1.807) is 18.3 Å². The van der Waals surface area contributed by atoms with Gasteiger partial charge in [0.2, 0.25) is 5.91 Å². The summed E-state index contributed by atoms with van der Waals surface area (Å²) in [7, 11) is 0. The van der Waals surface area contributed by atoms with Crippen LogP contribution in [0.15, 0.2) is 36.5 Å². The van der Waals surface area contributed by atoms with Gasteiger partial charge in [-0.15, -0.1) is 0 Å². The SMILES string of the molecule is Cc1ccc(CC(=O)N[C@H]2CCN(c3ccc(F)c(Cl)c3)C2)cn1. The highest BCUT2D eigenvalue weighted by Crippen LogP contribution is 2.25. The van der Waals surface area contributed by atoms with Gasteiger partial charge < -0.3 is 10.2 Å². The Bertz CT molecular complexity index is 736. The lowest BCUT2D eigenvalue weighted by Crippen LogP contribution is -2.38.